The Morgan fingerprint density at radius 1 is 0.949 bits per heavy atom. The first kappa shape index (κ1) is 27.3. The second-order valence-corrected chi connectivity index (χ2v) is 15.1. The summed E-state index contributed by atoms with van der Waals surface area (Å²) in [4.78, 5) is 39.1. The van der Waals surface area contributed by atoms with Crippen LogP contribution in [0.15, 0.2) is 24.3 Å². The van der Waals surface area contributed by atoms with E-state index in [9.17, 15) is 14.4 Å². The van der Waals surface area contributed by atoms with Crippen LogP contribution in [0.3, 0.4) is 0 Å². The van der Waals surface area contributed by atoms with E-state index in [0.717, 1.165) is 25.7 Å². The summed E-state index contributed by atoms with van der Waals surface area (Å²) in [5.41, 5.74) is -0.846. The van der Waals surface area contributed by atoms with Gasteiger partial charge in [0, 0.05) is 17.8 Å². The zero-order chi connectivity index (χ0) is 28.1. The molecule has 0 aromatic rings. The van der Waals surface area contributed by atoms with Gasteiger partial charge in [0.2, 0.25) is 0 Å². The predicted octanol–water partition coefficient (Wildman–Crippen LogP) is 6.91. The lowest BCUT2D eigenvalue weighted by Crippen LogP contribution is -2.72. The van der Waals surface area contributed by atoms with Gasteiger partial charge in [0.25, 0.3) is 0 Å². The second kappa shape index (κ2) is 8.79. The molecule has 1 saturated heterocycles. The van der Waals surface area contributed by atoms with Gasteiger partial charge in [-0.1, -0.05) is 65.8 Å². The largest absolute Gasteiger partial charge is 0.463 e. The molecule has 39 heavy (non-hydrogen) atoms. The molecule has 5 nitrogen and oxygen atoms in total. The first-order chi connectivity index (χ1) is 18.3. The summed E-state index contributed by atoms with van der Waals surface area (Å²) in [7, 11) is 0. The Morgan fingerprint density at radius 2 is 1.67 bits per heavy atom. The van der Waals surface area contributed by atoms with Gasteiger partial charge >= 0.3 is 17.9 Å². The Labute approximate surface area is 234 Å². The van der Waals surface area contributed by atoms with Crippen molar-refractivity contribution in [3.8, 4) is 0 Å². The van der Waals surface area contributed by atoms with E-state index in [0.29, 0.717) is 41.9 Å². The van der Waals surface area contributed by atoms with Gasteiger partial charge in [-0.25, -0.2) is 0 Å². The van der Waals surface area contributed by atoms with Crippen molar-refractivity contribution in [1.29, 1.82) is 0 Å². The Kier molecular flexibility index (Phi) is 6.15. The van der Waals surface area contributed by atoms with E-state index < -0.39 is 17.3 Å². The summed E-state index contributed by atoms with van der Waals surface area (Å²) in [5.74, 6) is 1.10. The molecule has 5 heteroatoms. The van der Waals surface area contributed by atoms with E-state index in [4.69, 9.17) is 9.47 Å². The highest BCUT2D eigenvalue weighted by molar-refractivity contribution is 5.99. The van der Waals surface area contributed by atoms with Crippen LogP contribution in [0.5, 0.6) is 0 Å². The number of carbonyl (C=O) groups is 3. The number of hydrogen-bond acceptors (Lipinski definition) is 5. The average Bonchev–Trinajstić information content (AvgIpc) is 3.39. The number of hydrogen-bond donors (Lipinski definition) is 0. The molecule has 2 spiro atoms. The van der Waals surface area contributed by atoms with Crippen molar-refractivity contribution < 1.29 is 23.9 Å². The number of carbonyl (C=O) groups excluding carboxylic acids is 3. The monoisotopic (exact) mass is 536 g/mol. The third-order valence-electron chi connectivity index (χ3n) is 13.5. The molecule has 7 rings (SSSR count). The van der Waals surface area contributed by atoms with E-state index in [2.05, 4.69) is 65.8 Å². The van der Waals surface area contributed by atoms with Gasteiger partial charge in [-0.15, -0.1) is 0 Å². The van der Waals surface area contributed by atoms with Gasteiger partial charge in [-0.2, -0.15) is 0 Å². The minimum Gasteiger partial charge on any atom is -0.463 e. The molecule has 214 valence electrons. The average molecular weight is 537 g/mol. The van der Waals surface area contributed by atoms with Crippen molar-refractivity contribution in [3.63, 3.8) is 0 Å². The summed E-state index contributed by atoms with van der Waals surface area (Å²) in [6.07, 6.45) is 16.2. The fourth-order valence-electron chi connectivity index (χ4n) is 11.5. The molecule has 5 fully saturated rings. The predicted molar refractivity (Wildman–Crippen MR) is 149 cm³/mol. The lowest BCUT2D eigenvalue weighted by atomic mass is 9.28. The molecular formula is C34H48O5. The van der Waals surface area contributed by atoms with Crippen LogP contribution in [0.2, 0.25) is 0 Å². The zero-order valence-electron chi connectivity index (χ0n) is 25.0. The van der Waals surface area contributed by atoms with Crippen molar-refractivity contribution >= 4 is 17.9 Å². The zero-order valence-corrected chi connectivity index (χ0v) is 25.0. The number of cyclic esters (lactones) is 2. The normalized spacial score (nSPS) is 49.3. The SMILES string of the molecule is CC(=O)O[C@@H]1CC[C@@]2(C)[C@@H]3CC[C@]4(C)[C@H]([C@H](C)/C=C/[C@H](C)C(C)C)CC[C@@H]4[C@@]34C=C[C@@]2(C1)[C@@H]1C(=O)OC(=O)[C@@H]14. The van der Waals surface area contributed by atoms with Gasteiger partial charge in [-0.05, 0) is 91.3 Å². The van der Waals surface area contributed by atoms with Crippen LogP contribution in [0.1, 0.15) is 93.4 Å². The van der Waals surface area contributed by atoms with Gasteiger partial charge in [0.05, 0.1) is 11.8 Å². The number of allylic oxidation sites excluding steroid dienone is 4. The minimum atomic E-state index is -0.500. The third kappa shape index (κ3) is 3.40. The van der Waals surface area contributed by atoms with Crippen molar-refractivity contribution in [2.45, 2.75) is 99.5 Å². The Bertz CT molecular complexity index is 1140. The molecule has 0 N–H and O–H groups in total. The maximum Gasteiger partial charge on any atom is 0.318 e. The molecule has 0 aromatic heterocycles. The van der Waals surface area contributed by atoms with Crippen molar-refractivity contribution in [3.05, 3.63) is 24.3 Å². The van der Waals surface area contributed by atoms with Crippen LogP contribution in [-0.2, 0) is 23.9 Å². The lowest BCUT2D eigenvalue weighted by Gasteiger charge is -2.74. The highest BCUT2D eigenvalue weighted by Gasteiger charge is 2.81. The van der Waals surface area contributed by atoms with Crippen molar-refractivity contribution in [2.24, 2.45) is 69.0 Å². The van der Waals surface area contributed by atoms with Gasteiger partial charge in [0.15, 0.2) is 0 Å². The molecule has 6 aliphatic carbocycles. The molecule has 1 aliphatic heterocycles. The van der Waals surface area contributed by atoms with E-state index in [1.54, 1.807) is 0 Å². The minimum absolute atomic E-state index is 0.116. The Balaban J connectivity index is 1.42. The van der Waals surface area contributed by atoms with Crippen LogP contribution in [-0.4, -0.2) is 24.0 Å². The Morgan fingerprint density at radius 3 is 2.36 bits per heavy atom. The maximum atomic E-state index is 13.7. The first-order valence-corrected chi connectivity index (χ1v) is 15.6. The van der Waals surface area contributed by atoms with Gasteiger partial charge in [0.1, 0.15) is 6.10 Å². The lowest BCUT2D eigenvalue weighted by molar-refractivity contribution is -0.243. The molecule has 1 heterocycles. The summed E-state index contributed by atoms with van der Waals surface area (Å²) in [5, 5.41) is 0. The van der Waals surface area contributed by atoms with Crippen LogP contribution in [0.4, 0.5) is 0 Å². The highest BCUT2D eigenvalue weighted by Crippen LogP contribution is 2.82. The van der Waals surface area contributed by atoms with Crippen LogP contribution in [0, 0.1) is 69.0 Å². The topological polar surface area (TPSA) is 69.7 Å². The standard InChI is InChI=1S/C34H48O5/c1-19(2)20(3)8-9-21(4)24-10-11-25-31(24,6)14-13-26-32(7)15-12-23(38-22(5)35)18-33(32)16-17-34(25,26)28-27(33)29(36)39-30(28)37/h8-9,16-17,19-21,23-28H,10-15,18H2,1-7H3/b9-8+/t20-,21+,23+,24-,25-,26-,27-,28+,31+,32-,33+,34-/m0/s1. The van der Waals surface area contributed by atoms with E-state index in [1.807, 2.05) is 0 Å². The smallest absolute Gasteiger partial charge is 0.318 e. The van der Waals surface area contributed by atoms with Crippen LogP contribution in [0.25, 0.3) is 0 Å². The summed E-state index contributed by atoms with van der Waals surface area (Å²) in [6.45, 7) is 15.6. The van der Waals surface area contributed by atoms with Crippen molar-refractivity contribution in [1.82, 2.24) is 0 Å². The fourth-order valence-corrected chi connectivity index (χ4v) is 11.5. The molecule has 0 radical (unpaired) electrons. The molecule has 7 aliphatic rings. The van der Waals surface area contributed by atoms with Crippen LogP contribution < -0.4 is 0 Å². The molecule has 4 saturated carbocycles. The van der Waals surface area contributed by atoms with E-state index in [1.165, 1.54) is 19.8 Å². The van der Waals surface area contributed by atoms with Crippen molar-refractivity contribution in [2.75, 3.05) is 0 Å². The summed E-state index contributed by atoms with van der Waals surface area (Å²) < 4.78 is 11.3. The second-order valence-electron chi connectivity index (χ2n) is 15.1. The van der Waals surface area contributed by atoms with Gasteiger partial charge in [-0.3, -0.25) is 14.4 Å². The summed E-state index contributed by atoms with van der Waals surface area (Å²) in [6, 6.07) is 0. The fraction of sp³-hybridized carbons (Fsp3) is 0.794. The summed E-state index contributed by atoms with van der Waals surface area (Å²) >= 11 is 0. The quantitative estimate of drug-likeness (QED) is 0.217. The number of fused-ring (bicyclic) bond motifs is 1. The number of rotatable bonds is 5. The molecular weight excluding hydrogens is 488 g/mol. The molecule has 0 unspecified atom stereocenters. The molecule has 0 aromatic carbocycles. The Hall–Kier alpha value is -1.91. The number of esters is 3. The molecule has 12 atom stereocenters. The third-order valence-corrected chi connectivity index (χ3v) is 13.5. The van der Waals surface area contributed by atoms with E-state index in [-0.39, 0.29) is 40.3 Å². The molecule has 0 amide bonds. The maximum absolute atomic E-state index is 13.7. The number of ether oxygens (including phenoxy) is 2. The highest BCUT2D eigenvalue weighted by atomic mass is 16.6. The van der Waals surface area contributed by atoms with Gasteiger partial charge < -0.3 is 9.47 Å². The van der Waals surface area contributed by atoms with E-state index >= 15 is 0 Å². The first-order valence-electron chi connectivity index (χ1n) is 15.6. The molecule has 2 bridgehead atoms. The van der Waals surface area contributed by atoms with Crippen LogP contribution >= 0.6 is 0 Å².